The number of ether oxygens (including phenoxy) is 1. The number of hydrogen-bond acceptors (Lipinski definition) is 4. The minimum atomic E-state index is -0.314. The SMILES string of the molecule is CCCc1cc2n(c1C(=O)c1ccc(C)o1)CCCCC2C(=O)OC(C)C. The normalized spacial score (nSPS) is 16.9. The molecule has 0 fully saturated rings. The third kappa shape index (κ3) is 4.02. The van der Waals surface area contributed by atoms with Crippen molar-refractivity contribution >= 4 is 11.8 Å². The monoisotopic (exact) mass is 371 g/mol. The van der Waals surface area contributed by atoms with E-state index in [4.69, 9.17) is 9.15 Å². The Balaban J connectivity index is 2.07. The first kappa shape index (κ1) is 19.5. The maximum atomic E-state index is 13.2. The Bertz CT molecular complexity index is 827. The zero-order valence-corrected chi connectivity index (χ0v) is 16.7. The number of ketones is 1. The van der Waals surface area contributed by atoms with Crippen molar-refractivity contribution < 1.29 is 18.7 Å². The molecule has 0 N–H and O–H groups in total. The summed E-state index contributed by atoms with van der Waals surface area (Å²) in [6, 6.07) is 5.58. The molecule has 1 aliphatic heterocycles. The van der Waals surface area contributed by atoms with Gasteiger partial charge >= 0.3 is 5.97 Å². The Morgan fingerprint density at radius 3 is 2.70 bits per heavy atom. The summed E-state index contributed by atoms with van der Waals surface area (Å²) < 4.78 is 13.1. The van der Waals surface area contributed by atoms with E-state index in [-0.39, 0.29) is 23.8 Å². The van der Waals surface area contributed by atoms with Gasteiger partial charge in [-0.3, -0.25) is 9.59 Å². The van der Waals surface area contributed by atoms with E-state index < -0.39 is 0 Å². The molecule has 146 valence electrons. The molecule has 2 aromatic heterocycles. The van der Waals surface area contributed by atoms with Crippen molar-refractivity contribution in [3.05, 3.63) is 46.7 Å². The standard InChI is InChI=1S/C22H29NO4/c1-5-8-16-13-18-17(22(25)26-14(2)3)9-6-7-12-23(18)20(16)21(24)19-11-10-15(4)27-19/h10-11,13-14,17H,5-9,12H2,1-4H3. The summed E-state index contributed by atoms with van der Waals surface area (Å²) in [5, 5.41) is 0. The fraction of sp³-hybridized carbons (Fsp3) is 0.545. The van der Waals surface area contributed by atoms with Crippen molar-refractivity contribution in [3.8, 4) is 0 Å². The first-order valence-corrected chi connectivity index (χ1v) is 9.96. The molecule has 0 spiro atoms. The second-order valence-electron chi connectivity index (χ2n) is 7.62. The van der Waals surface area contributed by atoms with Gasteiger partial charge in [-0.2, -0.15) is 0 Å². The number of fused-ring (bicyclic) bond motifs is 1. The Hall–Kier alpha value is -2.30. The topological polar surface area (TPSA) is 61.4 Å². The molecule has 5 nitrogen and oxygen atoms in total. The van der Waals surface area contributed by atoms with Gasteiger partial charge in [-0.25, -0.2) is 0 Å². The molecule has 1 atom stereocenters. The summed E-state index contributed by atoms with van der Waals surface area (Å²) in [5.74, 6) is 0.468. The van der Waals surface area contributed by atoms with Crippen LogP contribution in [-0.4, -0.2) is 22.4 Å². The number of esters is 1. The number of furan rings is 1. The van der Waals surface area contributed by atoms with Gasteiger partial charge in [-0.15, -0.1) is 0 Å². The van der Waals surface area contributed by atoms with Crippen LogP contribution < -0.4 is 0 Å². The summed E-state index contributed by atoms with van der Waals surface area (Å²) in [7, 11) is 0. The third-order valence-electron chi connectivity index (χ3n) is 5.02. The summed E-state index contributed by atoms with van der Waals surface area (Å²) in [5.41, 5.74) is 2.58. The molecule has 5 heteroatoms. The first-order chi connectivity index (χ1) is 12.9. The fourth-order valence-corrected chi connectivity index (χ4v) is 3.88. The van der Waals surface area contributed by atoms with Gasteiger partial charge in [0, 0.05) is 12.2 Å². The average Bonchev–Trinajstić information content (AvgIpc) is 3.12. The average molecular weight is 371 g/mol. The van der Waals surface area contributed by atoms with Gasteiger partial charge in [0.25, 0.3) is 0 Å². The van der Waals surface area contributed by atoms with E-state index in [1.54, 1.807) is 6.07 Å². The van der Waals surface area contributed by atoms with Gasteiger partial charge < -0.3 is 13.7 Å². The maximum Gasteiger partial charge on any atom is 0.315 e. The van der Waals surface area contributed by atoms with Gasteiger partial charge in [-0.1, -0.05) is 19.8 Å². The maximum absolute atomic E-state index is 13.2. The number of nitrogens with zero attached hydrogens (tertiary/aromatic N) is 1. The van der Waals surface area contributed by atoms with E-state index in [1.807, 2.05) is 37.5 Å². The van der Waals surface area contributed by atoms with Crippen LogP contribution in [0.5, 0.6) is 0 Å². The highest BCUT2D eigenvalue weighted by Gasteiger charge is 2.32. The van der Waals surface area contributed by atoms with Crippen LogP contribution in [0.3, 0.4) is 0 Å². The summed E-state index contributed by atoms with van der Waals surface area (Å²) in [6.45, 7) is 8.40. The smallest absolute Gasteiger partial charge is 0.315 e. The lowest BCUT2D eigenvalue weighted by molar-refractivity contribution is -0.149. The zero-order valence-electron chi connectivity index (χ0n) is 16.7. The zero-order chi connectivity index (χ0) is 19.6. The van der Waals surface area contributed by atoms with Gasteiger partial charge in [0.2, 0.25) is 5.78 Å². The lowest BCUT2D eigenvalue weighted by Gasteiger charge is -2.17. The molecule has 2 aromatic rings. The molecule has 0 amide bonds. The number of carbonyl (C=O) groups is 2. The van der Waals surface area contributed by atoms with Gasteiger partial charge in [0.15, 0.2) is 5.76 Å². The number of carbonyl (C=O) groups excluding carboxylic acids is 2. The lowest BCUT2D eigenvalue weighted by atomic mass is 9.98. The largest absolute Gasteiger partial charge is 0.462 e. The highest BCUT2D eigenvalue weighted by atomic mass is 16.5. The highest BCUT2D eigenvalue weighted by Crippen LogP contribution is 2.34. The Morgan fingerprint density at radius 2 is 2.07 bits per heavy atom. The van der Waals surface area contributed by atoms with Crippen molar-refractivity contribution in [2.45, 2.75) is 78.4 Å². The second-order valence-corrected chi connectivity index (χ2v) is 7.62. The predicted molar refractivity (Wildman–Crippen MR) is 103 cm³/mol. The van der Waals surface area contributed by atoms with Crippen LogP contribution in [0.2, 0.25) is 0 Å². The first-order valence-electron chi connectivity index (χ1n) is 9.96. The Kier molecular flexibility index (Phi) is 5.88. The molecular weight excluding hydrogens is 342 g/mol. The molecular formula is C22H29NO4. The molecule has 27 heavy (non-hydrogen) atoms. The van der Waals surface area contributed by atoms with Crippen molar-refractivity contribution in [2.75, 3.05) is 0 Å². The number of hydrogen-bond donors (Lipinski definition) is 0. The molecule has 0 radical (unpaired) electrons. The van der Waals surface area contributed by atoms with Crippen LogP contribution in [0.4, 0.5) is 0 Å². The quantitative estimate of drug-likeness (QED) is 0.541. The molecule has 0 bridgehead atoms. The van der Waals surface area contributed by atoms with E-state index in [1.165, 1.54) is 0 Å². The van der Waals surface area contributed by atoms with Crippen LogP contribution >= 0.6 is 0 Å². The van der Waals surface area contributed by atoms with Crippen LogP contribution in [0.15, 0.2) is 22.6 Å². The molecule has 3 rings (SSSR count). The molecule has 0 saturated carbocycles. The Morgan fingerprint density at radius 1 is 1.30 bits per heavy atom. The van der Waals surface area contributed by atoms with E-state index in [9.17, 15) is 9.59 Å². The van der Waals surface area contributed by atoms with E-state index >= 15 is 0 Å². The minimum Gasteiger partial charge on any atom is -0.462 e. The van der Waals surface area contributed by atoms with E-state index in [2.05, 4.69) is 6.92 Å². The molecule has 3 heterocycles. The van der Waals surface area contributed by atoms with Crippen molar-refractivity contribution in [1.82, 2.24) is 4.57 Å². The van der Waals surface area contributed by atoms with Crippen LogP contribution in [0.1, 0.15) is 85.6 Å². The number of aromatic nitrogens is 1. The summed E-state index contributed by atoms with van der Waals surface area (Å²) in [4.78, 5) is 25.9. The minimum absolute atomic E-state index is 0.101. The van der Waals surface area contributed by atoms with Crippen molar-refractivity contribution in [1.29, 1.82) is 0 Å². The predicted octanol–water partition coefficient (Wildman–Crippen LogP) is 4.79. The summed E-state index contributed by atoms with van der Waals surface area (Å²) in [6.07, 6.45) is 4.22. The fourth-order valence-electron chi connectivity index (χ4n) is 3.88. The summed E-state index contributed by atoms with van der Waals surface area (Å²) >= 11 is 0. The molecule has 0 aliphatic carbocycles. The van der Waals surface area contributed by atoms with E-state index in [0.29, 0.717) is 11.5 Å². The molecule has 1 aliphatic rings. The molecule has 1 unspecified atom stereocenters. The second kappa shape index (κ2) is 8.15. The lowest BCUT2D eigenvalue weighted by Crippen LogP contribution is -2.21. The number of rotatable bonds is 6. The Labute approximate surface area is 160 Å². The number of aryl methyl sites for hydroxylation is 2. The van der Waals surface area contributed by atoms with Crippen molar-refractivity contribution in [2.24, 2.45) is 0 Å². The van der Waals surface area contributed by atoms with Gasteiger partial charge in [0.05, 0.1) is 17.7 Å². The van der Waals surface area contributed by atoms with Crippen LogP contribution in [0.25, 0.3) is 0 Å². The van der Waals surface area contributed by atoms with Crippen molar-refractivity contribution in [3.63, 3.8) is 0 Å². The molecule has 0 aromatic carbocycles. The third-order valence-corrected chi connectivity index (χ3v) is 5.02. The van der Waals surface area contributed by atoms with Gasteiger partial charge in [-0.05, 0) is 63.8 Å². The van der Waals surface area contributed by atoms with Crippen LogP contribution in [-0.2, 0) is 22.5 Å². The van der Waals surface area contributed by atoms with Gasteiger partial charge in [0.1, 0.15) is 5.76 Å². The highest BCUT2D eigenvalue weighted by molar-refractivity contribution is 6.07. The molecule has 0 saturated heterocycles. The van der Waals surface area contributed by atoms with Crippen LogP contribution in [0, 0.1) is 6.92 Å². The van der Waals surface area contributed by atoms with E-state index in [0.717, 1.165) is 55.7 Å².